The number of ketones is 1. The van der Waals surface area contributed by atoms with Crippen LogP contribution in [0.15, 0.2) is 22.7 Å². The van der Waals surface area contributed by atoms with Crippen LogP contribution in [0.3, 0.4) is 0 Å². The Kier molecular flexibility index (Phi) is 3.74. The lowest BCUT2D eigenvalue weighted by Crippen LogP contribution is -2.29. The van der Waals surface area contributed by atoms with Gasteiger partial charge in [-0.2, -0.15) is 0 Å². The predicted octanol–water partition coefficient (Wildman–Crippen LogP) is 1.90. The van der Waals surface area contributed by atoms with Crippen LogP contribution < -0.4 is 11.3 Å². The fourth-order valence-electron chi connectivity index (χ4n) is 2.37. The minimum atomic E-state index is 0.181. The van der Waals surface area contributed by atoms with Gasteiger partial charge in [-0.3, -0.25) is 16.1 Å². The highest BCUT2D eigenvalue weighted by atomic mass is 79.9. The molecule has 0 aliphatic heterocycles. The Bertz CT molecular complexity index is 406. The second kappa shape index (κ2) is 5.08. The van der Waals surface area contributed by atoms with E-state index in [1.165, 1.54) is 11.1 Å². The number of nitrogens with one attached hydrogen (secondary N) is 1. The maximum absolute atomic E-state index is 11.5. The number of carbonyl (C=O) groups is 1. The van der Waals surface area contributed by atoms with Crippen molar-refractivity contribution in [1.82, 2.24) is 5.43 Å². The van der Waals surface area contributed by atoms with Gasteiger partial charge >= 0.3 is 0 Å². The summed E-state index contributed by atoms with van der Waals surface area (Å²) in [6.45, 7) is 0.264. The maximum Gasteiger partial charge on any atom is 0.148 e. The summed E-state index contributed by atoms with van der Waals surface area (Å²) in [6.07, 6.45) is 2.71. The molecule has 1 aromatic carbocycles. The molecule has 16 heavy (non-hydrogen) atoms. The molecule has 2 rings (SSSR count). The molecule has 0 fully saturated rings. The summed E-state index contributed by atoms with van der Waals surface area (Å²) in [5.41, 5.74) is 5.10. The van der Waals surface area contributed by atoms with Crippen molar-refractivity contribution < 1.29 is 4.79 Å². The Hall–Kier alpha value is -0.710. The molecule has 0 spiro atoms. The van der Waals surface area contributed by atoms with Gasteiger partial charge in [-0.25, -0.2) is 0 Å². The minimum absolute atomic E-state index is 0.181. The van der Waals surface area contributed by atoms with Gasteiger partial charge in [-0.05, 0) is 36.0 Å². The summed E-state index contributed by atoms with van der Waals surface area (Å²) in [7, 11) is 0. The molecule has 3 nitrogen and oxygen atoms in total. The topological polar surface area (TPSA) is 55.1 Å². The number of nitrogens with two attached hydrogens (primary N) is 1. The molecule has 0 amide bonds. The maximum atomic E-state index is 11.5. The molecule has 0 heterocycles. The average molecular weight is 283 g/mol. The fraction of sp³-hybridized carbons (Fsp3) is 0.417. The number of hydrazine groups is 1. The molecular formula is C12H15BrN2O. The normalized spacial score (nSPS) is 18.5. The Morgan fingerprint density at radius 1 is 1.56 bits per heavy atom. The van der Waals surface area contributed by atoms with Gasteiger partial charge in [0.25, 0.3) is 0 Å². The molecule has 4 heteroatoms. The van der Waals surface area contributed by atoms with Gasteiger partial charge in [0.2, 0.25) is 0 Å². The molecule has 1 aliphatic rings. The number of benzene rings is 1. The third kappa shape index (κ3) is 2.34. The number of hydrogen-bond donors (Lipinski definition) is 2. The van der Waals surface area contributed by atoms with E-state index in [1.54, 1.807) is 0 Å². The van der Waals surface area contributed by atoms with Crippen LogP contribution in [-0.2, 0) is 11.2 Å². The molecule has 1 unspecified atom stereocenters. The molecule has 1 aromatic rings. The molecule has 1 aliphatic carbocycles. The molecule has 0 radical (unpaired) electrons. The number of rotatable bonds is 4. The van der Waals surface area contributed by atoms with E-state index in [0.717, 1.165) is 17.3 Å². The van der Waals surface area contributed by atoms with Crippen molar-refractivity contribution in [2.24, 2.45) is 5.84 Å². The van der Waals surface area contributed by atoms with E-state index in [-0.39, 0.29) is 12.3 Å². The first-order chi connectivity index (χ1) is 7.72. The third-order valence-corrected chi connectivity index (χ3v) is 3.85. The summed E-state index contributed by atoms with van der Waals surface area (Å²) < 4.78 is 1.16. The van der Waals surface area contributed by atoms with Crippen molar-refractivity contribution in [3.8, 4) is 0 Å². The van der Waals surface area contributed by atoms with Crippen LogP contribution in [-0.4, -0.2) is 12.3 Å². The van der Waals surface area contributed by atoms with Crippen LogP contribution in [0.2, 0.25) is 0 Å². The lowest BCUT2D eigenvalue weighted by molar-refractivity contribution is -0.118. The largest absolute Gasteiger partial charge is 0.298 e. The zero-order chi connectivity index (χ0) is 11.5. The van der Waals surface area contributed by atoms with Gasteiger partial charge < -0.3 is 0 Å². The molecule has 86 valence electrons. The van der Waals surface area contributed by atoms with Crippen LogP contribution in [0.5, 0.6) is 0 Å². The van der Waals surface area contributed by atoms with Crippen molar-refractivity contribution in [3.05, 3.63) is 33.8 Å². The zero-order valence-electron chi connectivity index (χ0n) is 9.00. The van der Waals surface area contributed by atoms with Crippen LogP contribution in [0, 0.1) is 0 Å². The third-order valence-electron chi connectivity index (χ3n) is 3.11. The molecule has 0 saturated carbocycles. The smallest absolute Gasteiger partial charge is 0.148 e. The second-order valence-corrected chi connectivity index (χ2v) is 5.02. The fourth-order valence-corrected chi connectivity index (χ4v) is 2.95. The van der Waals surface area contributed by atoms with Gasteiger partial charge in [0.1, 0.15) is 5.78 Å². The van der Waals surface area contributed by atoms with Gasteiger partial charge in [0.05, 0.1) is 6.54 Å². The van der Waals surface area contributed by atoms with Crippen LogP contribution in [0.25, 0.3) is 0 Å². The first-order valence-corrected chi connectivity index (χ1v) is 6.24. The molecule has 0 aromatic heterocycles. The van der Waals surface area contributed by atoms with Crippen molar-refractivity contribution >= 4 is 21.7 Å². The zero-order valence-corrected chi connectivity index (χ0v) is 10.6. The summed E-state index contributed by atoms with van der Waals surface area (Å²) in [5, 5.41) is 0. The number of hydrogen-bond acceptors (Lipinski definition) is 3. The first-order valence-electron chi connectivity index (χ1n) is 5.45. The van der Waals surface area contributed by atoms with Gasteiger partial charge in [-0.1, -0.05) is 28.1 Å². The van der Waals surface area contributed by atoms with Crippen LogP contribution >= 0.6 is 15.9 Å². The van der Waals surface area contributed by atoms with Crippen molar-refractivity contribution in [1.29, 1.82) is 0 Å². The van der Waals surface area contributed by atoms with E-state index in [2.05, 4.69) is 33.5 Å². The monoisotopic (exact) mass is 282 g/mol. The molecule has 0 saturated heterocycles. The van der Waals surface area contributed by atoms with Crippen LogP contribution in [0.4, 0.5) is 0 Å². The Morgan fingerprint density at radius 2 is 2.38 bits per heavy atom. The average Bonchev–Trinajstić information content (AvgIpc) is 2.64. The highest BCUT2D eigenvalue weighted by molar-refractivity contribution is 9.10. The second-order valence-electron chi connectivity index (χ2n) is 4.17. The molecule has 3 N–H and O–H groups in total. The predicted molar refractivity (Wildman–Crippen MR) is 67.0 cm³/mol. The van der Waals surface area contributed by atoms with Gasteiger partial charge in [0.15, 0.2) is 0 Å². The van der Waals surface area contributed by atoms with E-state index >= 15 is 0 Å². The highest BCUT2D eigenvalue weighted by Gasteiger charge is 2.25. The van der Waals surface area contributed by atoms with E-state index < -0.39 is 0 Å². The lowest BCUT2D eigenvalue weighted by Gasteiger charge is -2.10. The Morgan fingerprint density at radius 3 is 3.12 bits per heavy atom. The SMILES string of the molecule is NNCC(=O)CC1CCc2c(Br)cccc21. The summed E-state index contributed by atoms with van der Waals surface area (Å²) in [6, 6.07) is 6.22. The molecule has 1 atom stereocenters. The quantitative estimate of drug-likeness (QED) is 0.655. The van der Waals surface area contributed by atoms with E-state index in [4.69, 9.17) is 5.84 Å². The van der Waals surface area contributed by atoms with Crippen molar-refractivity contribution in [2.45, 2.75) is 25.2 Å². The van der Waals surface area contributed by atoms with Crippen LogP contribution in [0.1, 0.15) is 29.9 Å². The first kappa shape index (κ1) is 11.8. The van der Waals surface area contributed by atoms with E-state index in [1.807, 2.05) is 6.07 Å². The van der Waals surface area contributed by atoms with E-state index in [9.17, 15) is 4.79 Å². The number of Topliss-reactive ketones (excluding diaryl/α,β-unsaturated/α-hetero) is 1. The summed E-state index contributed by atoms with van der Waals surface area (Å²) in [5.74, 6) is 5.69. The molecular weight excluding hydrogens is 268 g/mol. The van der Waals surface area contributed by atoms with Gasteiger partial charge in [0, 0.05) is 10.9 Å². The summed E-state index contributed by atoms with van der Waals surface area (Å²) >= 11 is 3.55. The summed E-state index contributed by atoms with van der Waals surface area (Å²) in [4.78, 5) is 11.5. The highest BCUT2D eigenvalue weighted by Crippen LogP contribution is 2.38. The van der Waals surface area contributed by atoms with Crippen molar-refractivity contribution in [2.75, 3.05) is 6.54 Å². The Labute approximate surface area is 104 Å². The number of halogens is 1. The number of fused-ring (bicyclic) bond motifs is 1. The standard InChI is InChI=1S/C12H15BrN2O/c13-12-3-1-2-10-8(4-5-11(10)12)6-9(16)7-15-14/h1-3,8,15H,4-7,14H2. The van der Waals surface area contributed by atoms with E-state index in [0.29, 0.717) is 12.3 Å². The minimum Gasteiger partial charge on any atom is -0.298 e. The van der Waals surface area contributed by atoms with Gasteiger partial charge in [-0.15, -0.1) is 0 Å². The molecule has 0 bridgehead atoms. The van der Waals surface area contributed by atoms with Crippen molar-refractivity contribution in [3.63, 3.8) is 0 Å². The number of carbonyl (C=O) groups excluding carboxylic acids is 1. The Balaban J connectivity index is 2.12. The lowest BCUT2D eigenvalue weighted by atomic mass is 9.96.